The Morgan fingerprint density at radius 1 is 1.39 bits per heavy atom. The van der Waals surface area contributed by atoms with Gasteiger partial charge in [0.05, 0.1) is 5.02 Å². The van der Waals surface area contributed by atoms with E-state index in [2.05, 4.69) is 11.4 Å². The van der Waals surface area contributed by atoms with Crippen LogP contribution in [0.5, 0.6) is 0 Å². The molecule has 96 valence electrons. The Kier molecular flexibility index (Phi) is 4.72. The third-order valence-corrected chi connectivity index (χ3v) is 3.85. The first-order valence-electron chi connectivity index (χ1n) is 5.61. The molecular weight excluding hydrogens is 271 g/mol. The molecule has 0 amide bonds. The third kappa shape index (κ3) is 3.29. The maximum atomic E-state index is 13.1. The summed E-state index contributed by atoms with van der Waals surface area (Å²) in [5.41, 5.74) is 6.64. The topological polar surface area (TPSA) is 38.0 Å². The van der Waals surface area contributed by atoms with Crippen molar-refractivity contribution in [2.45, 2.75) is 12.6 Å². The molecule has 1 aromatic heterocycles. The molecule has 1 heterocycles. The Hall–Kier alpha value is -0.940. The predicted molar refractivity (Wildman–Crippen MR) is 74.4 cm³/mol. The van der Waals surface area contributed by atoms with Crippen LogP contribution in [-0.4, -0.2) is 6.54 Å². The second kappa shape index (κ2) is 6.29. The van der Waals surface area contributed by atoms with Gasteiger partial charge in [-0.25, -0.2) is 4.39 Å². The van der Waals surface area contributed by atoms with Crippen molar-refractivity contribution in [3.05, 3.63) is 57.0 Å². The highest BCUT2D eigenvalue weighted by molar-refractivity contribution is 7.09. The molecule has 0 aliphatic rings. The Balaban J connectivity index is 2.05. The van der Waals surface area contributed by atoms with Crippen LogP contribution in [0, 0.1) is 5.82 Å². The highest BCUT2D eigenvalue weighted by Crippen LogP contribution is 2.21. The molecule has 2 nitrogen and oxygen atoms in total. The van der Waals surface area contributed by atoms with E-state index in [1.807, 2.05) is 11.4 Å². The number of nitrogens with two attached hydrogens (primary N) is 1. The molecule has 1 atom stereocenters. The Labute approximate surface area is 115 Å². The molecule has 0 saturated carbocycles. The first-order chi connectivity index (χ1) is 8.70. The number of benzene rings is 1. The van der Waals surface area contributed by atoms with Crippen molar-refractivity contribution in [2.75, 3.05) is 6.54 Å². The van der Waals surface area contributed by atoms with Crippen molar-refractivity contribution in [3.63, 3.8) is 0 Å². The molecule has 2 rings (SSSR count). The molecule has 0 radical (unpaired) electrons. The van der Waals surface area contributed by atoms with Gasteiger partial charge in [0.15, 0.2) is 0 Å². The lowest BCUT2D eigenvalue weighted by Gasteiger charge is -2.17. The zero-order valence-electron chi connectivity index (χ0n) is 9.70. The van der Waals surface area contributed by atoms with Gasteiger partial charge in [-0.15, -0.1) is 11.3 Å². The summed E-state index contributed by atoms with van der Waals surface area (Å²) in [6.07, 6.45) is 0. The van der Waals surface area contributed by atoms with E-state index < -0.39 is 5.82 Å². The van der Waals surface area contributed by atoms with Crippen LogP contribution in [-0.2, 0) is 6.54 Å². The molecule has 0 saturated heterocycles. The maximum Gasteiger partial charge on any atom is 0.141 e. The first-order valence-corrected chi connectivity index (χ1v) is 6.87. The van der Waals surface area contributed by atoms with Crippen molar-refractivity contribution in [2.24, 2.45) is 5.73 Å². The lowest BCUT2D eigenvalue weighted by molar-refractivity contribution is 0.543. The van der Waals surface area contributed by atoms with Crippen molar-refractivity contribution >= 4 is 22.9 Å². The fourth-order valence-electron chi connectivity index (χ4n) is 1.70. The van der Waals surface area contributed by atoms with Gasteiger partial charge in [-0.05, 0) is 29.1 Å². The van der Waals surface area contributed by atoms with Crippen LogP contribution < -0.4 is 11.1 Å². The minimum absolute atomic E-state index is 0.0230. The van der Waals surface area contributed by atoms with Gasteiger partial charge in [0.2, 0.25) is 0 Å². The van der Waals surface area contributed by atoms with Gasteiger partial charge >= 0.3 is 0 Å². The highest BCUT2D eigenvalue weighted by atomic mass is 35.5. The van der Waals surface area contributed by atoms with Gasteiger partial charge < -0.3 is 11.1 Å². The molecule has 0 aliphatic carbocycles. The molecule has 18 heavy (non-hydrogen) atoms. The maximum absolute atomic E-state index is 13.1. The van der Waals surface area contributed by atoms with E-state index in [1.54, 1.807) is 23.5 Å². The normalized spacial score (nSPS) is 12.6. The van der Waals surface area contributed by atoms with E-state index in [4.69, 9.17) is 17.3 Å². The second-order valence-electron chi connectivity index (χ2n) is 3.92. The van der Waals surface area contributed by atoms with E-state index in [1.165, 1.54) is 10.9 Å². The van der Waals surface area contributed by atoms with Crippen molar-refractivity contribution < 1.29 is 4.39 Å². The number of halogens is 2. The monoisotopic (exact) mass is 284 g/mol. The van der Waals surface area contributed by atoms with Gasteiger partial charge in [0.1, 0.15) is 5.82 Å². The van der Waals surface area contributed by atoms with Crippen LogP contribution in [0.25, 0.3) is 0 Å². The van der Waals surface area contributed by atoms with Crippen molar-refractivity contribution in [1.29, 1.82) is 0 Å². The van der Waals surface area contributed by atoms with Crippen LogP contribution in [0.15, 0.2) is 35.7 Å². The summed E-state index contributed by atoms with van der Waals surface area (Å²) in [5, 5.41) is 5.50. The van der Waals surface area contributed by atoms with E-state index in [9.17, 15) is 4.39 Å². The van der Waals surface area contributed by atoms with Gasteiger partial charge in [0, 0.05) is 24.0 Å². The lowest BCUT2D eigenvalue weighted by atomic mass is 10.1. The van der Waals surface area contributed by atoms with E-state index in [-0.39, 0.29) is 11.1 Å². The minimum Gasteiger partial charge on any atom is -0.329 e. The molecule has 1 aromatic carbocycles. The second-order valence-corrected chi connectivity index (χ2v) is 5.36. The standard InChI is InChI=1S/C13H14ClFN2S/c14-11-6-9(3-4-12(11)15)13(7-16)17-8-10-2-1-5-18-10/h1-6,13,17H,7-8,16H2. The van der Waals surface area contributed by atoms with Gasteiger partial charge in [-0.2, -0.15) is 0 Å². The average molecular weight is 285 g/mol. The molecule has 0 fully saturated rings. The van der Waals surface area contributed by atoms with Crippen molar-refractivity contribution in [3.8, 4) is 0 Å². The number of nitrogens with one attached hydrogen (secondary N) is 1. The van der Waals surface area contributed by atoms with Gasteiger partial charge in [0.25, 0.3) is 0 Å². The van der Waals surface area contributed by atoms with E-state index in [0.29, 0.717) is 6.54 Å². The highest BCUT2D eigenvalue weighted by Gasteiger charge is 2.11. The van der Waals surface area contributed by atoms with Crippen LogP contribution >= 0.6 is 22.9 Å². The summed E-state index contributed by atoms with van der Waals surface area (Å²) in [4.78, 5) is 1.24. The summed E-state index contributed by atoms with van der Waals surface area (Å²) < 4.78 is 13.1. The van der Waals surface area contributed by atoms with E-state index >= 15 is 0 Å². The van der Waals surface area contributed by atoms with E-state index in [0.717, 1.165) is 12.1 Å². The van der Waals surface area contributed by atoms with Gasteiger partial charge in [-0.3, -0.25) is 0 Å². The summed E-state index contributed by atoms with van der Waals surface area (Å²) >= 11 is 7.46. The third-order valence-electron chi connectivity index (χ3n) is 2.68. The number of thiophene rings is 1. The Morgan fingerprint density at radius 2 is 2.22 bits per heavy atom. The first kappa shape index (κ1) is 13.5. The number of hydrogen-bond donors (Lipinski definition) is 2. The molecule has 0 aliphatic heterocycles. The molecular formula is C13H14ClFN2S. The summed E-state index contributed by atoms with van der Waals surface area (Å²) in [7, 11) is 0. The average Bonchev–Trinajstić information content (AvgIpc) is 2.87. The summed E-state index contributed by atoms with van der Waals surface area (Å²) in [5.74, 6) is -0.408. The minimum atomic E-state index is -0.408. The van der Waals surface area contributed by atoms with Crippen molar-refractivity contribution in [1.82, 2.24) is 5.32 Å². The molecule has 1 unspecified atom stereocenters. The number of rotatable bonds is 5. The SMILES string of the molecule is NCC(NCc1cccs1)c1ccc(F)c(Cl)c1. The van der Waals surface area contributed by atoms with Crippen LogP contribution in [0.1, 0.15) is 16.5 Å². The quantitative estimate of drug-likeness (QED) is 0.884. The van der Waals surface area contributed by atoms with Crippen LogP contribution in [0.2, 0.25) is 5.02 Å². The zero-order valence-corrected chi connectivity index (χ0v) is 11.3. The molecule has 5 heteroatoms. The fraction of sp³-hybridized carbons (Fsp3) is 0.231. The Bertz CT molecular complexity index is 502. The predicted octanol–water partition coefficient (Wildman–Crippen LogP) is 3.33. The smallest absolute Gasteiger partial charge is 0.141 e. The molecule has 3 N–H and O–H groups in total. The van der Waals surface area contributed by atoms with Crippen LogP contribution in [0.4, 0.5) is 4.39 Å². The largest absolute Gasteiger partial charge is 0.329 e. The summed E-state index contributed by atoms with van der Waals surface area (Å²) in [6.45, 7) is 1.18. The van der Waals surface area contributed by atoms with Gasteiger partial charge in [-0.1, -0.05) is 23.7 Å². The lowest BCUT2D eigenvalue weighted by Crippen LogP contribution is -2.27. The summed E-state index contributed by atoms with van der Waals surface area (Å²) in [6, 6.07) is 8.74. The number of hydrogen-bond acceptors (Lipinski definition) is 3. The fourth-order valence-corrected chi connectivity index (χ4v) is 2.55. The molecule has 0 bridgehead atoms. The molecule has 0 spiro atoms. The molecule has 2 aromatic rings. The Morgan fingerprint density at radius 3 is 2.83 bits per heavy atom. The van der Waals surface area contributed by atoms with Crippen LogP contribution in [0.3, 0.4) is 0 Å². The zero-order chi connectivity index (χ0) is 13.0.